The predicted molar refractivity (Wildman–Crippen MR) is 118 cm³/mol. The number of carbonyl (C=O) groups excluding carboxylic acids is 2. The first-order valence-electron chi connectivity index (χ1n) is 11.1. The molecule has 3 aliphatic rings. The van der Waals surface area contributed by atoms with Crippen LogP contribution in [-0.2, 0) is 0 Å². The van der Waals surface area contributed by atoms with Crippen molar-refractivity contribution in [3.63, 3.8) is 0 Å². The molecule has 2 aliphatic heterocycles. The van der Waals surface area contributed by atoms with E-state index < -0.39 is 0 Å². The van der Waals surface area contributed by atoms with Crippen LogP contribution in [0, 0.1) is 23.7 Å². The number of aromatic amines is 2. The summed E-state index contributed by atoms with van der Waals surface area (Å²) in [7, 11) is 0. The van der Waals surface area contributed by atoms with E-state index in [0.717, 1.165) is 42.6 Å². The topological polar surface area (TPSA) is 98.0 Å². The Morgan fingerprint density at radius 2 is 1.44 bits per heavy atom. The van der Waals surface area contributed by atoms with E-state index >= 15 is 0 Å². The van der Waals surface area contributed by atoms with Gasteiger partial charge in [0.25, 0.3) is 11.8 Å². The van der Waals surface area contributed by atoms with E-state index in [1.54, 1.807) is 0 Å². The van der Waals surface area contributed by atoms with E-state index in [0.29, 0.717) is 40.4 Å². The molecule has 4 aromatic rings. The first-order chi connectivity index (χ1) is 15.7. The molecule has 0 bridgehead atoms. The lowest BCUT2D eigenvalue weighted by atomic mass is 9.60. The molecule has 2 N–H and O–H groups in total. The summed E-state index contributed by atoms with van der Waals surface area (Å²) in [5.74, 6) is 2.10. The van der Waals surface area contributed by atoms with Crippen LogP contribution in [0.1, 0.15) is 20.8 Å². The lowest BCUT2D eigenvalue weighted by Crippen LogP contribution is -2.44. The molecule has 2 aromatic heterocycles. The Morgan fingerprint density at radius 1 is 0.781 bits per heavy atom. The molecule has 2 saturated heterocycles. The molecule has 4 atom stereocenters. The molecule has 32 heavy (non-hydrogen) atoms. The van der Waals surface area contributed by atoms with E-state index in [-0.39, 0.29) is 11.8 Å². The summed E-state index contributed by atoms with van der Waals surface area (Å²) in [6.45, 7) is 3.12. The highest BCUT2D eigenvalue weighted by Gasteiger charge is 2.59. The summed E-state index contributed by atoms with van der Waals surface area (Å²) in [6.07, 6.45) is 0. The van der Waals surface area contributed by atoms with Crippen molar-refractivity contribution in [3.05, 3.63) is 59.8 Å². The maximum Gasteiger partial charge on any atom is 0.270 e. The number of nitrogens with one attached hydrogen (secondary N) is 2. The van der Waals surface area contributed by atoms with E-state index in [1.165, 1.54) is 0 Å². The van der Waals surface area contributed by atoms with Gasteiger partial charge in [-0.05, 0) is 54.0 Å². The largest absolute Gasteiger partial charge is 0.351 e. The molecule has 0 unspecified atom stereocenters. The van der Waals surface area contributed by atoms with Gasteiger partial charge in [0, 0.05) is 42.6 Å². The maximum atomic E-state index is 13.1. The average Bonchev–Trinajstić information content (AvgIpc) is 3.59. The third-order valence-corrected chi connectivity index (χ3v) is 7.82. The zero-order chi connectivity index (χ0) is 21.4. The Labute approximate surface area is 183 Å². The second-order valence-electron chi connectivity index (χ2n) is 9.37. The molecule has 4 heterocycles. The number of nitrogens with zero attached hydrogens (tertiary/aromatic N) is 4. The van der Waals surface area contributed by atoms with Crippen molar-refractivity contribution in [2.24, 2.45) is 23.7 Å². The minimum absolute atomic E-state index is 0.0633. The molecule has 0 radical (unpaired) electrons. The number of likely N-dealkylation sites (tertiary alicyclic amines) is 2. The van der Waals surface area contributed by atoms with Gasteiger partial charge in [0.05, 0.1) is 0 Å². The van der Waals surface area contributed by atoms with E-state index in [9.17, 15) is 9.59 Å². The van der Waals surface area contributed by atoms with Gasteiger partial charge in [-0.1, -0.05) is 18.2 Å². The molecule has 3 fully saturated rings. The molecule has 0 spiro atoms. The minimum atomic E-state index is 0.0633. The molecule has 2 amide bonds. The van der Waals surface area contributed by atoms with Crippen LogP contribution in [0.15, 0.2) is 48.5 Å². The lowest BCUT2D eigenvalue weighted by Gasteiger charge is -2.42. The number of amides is 2. The van der Waals surface area contributed by atoms with Crippen LogP contribution in [0.5, 0.6) is 0 Å². The highest BCUT2D eigenvalue weighted by molar-refractivity contribution is 5.98. The van der Waals surface area contributed by atoms with Gasteiger partial charge in [-0.25, -0.2) is 0 Å². The Kier molecular flexibility index (Phi) is 3.60. The van der Waals surface area contributed by atoms with Crippen LogP contribution in [0.3, 0.4) is 0 Å². The van der Waals surface area contributed by atoms with E-state index in [2.05, 4.69) is 20.4 Å². The van der Waals surface area contributed by atoms with Crippen molar-refractivity contribution in [3.8, 4) is 0 Å². The zero-order valence-corrected chi connectivity index (χ0v) is 17.4. The number of benzene rings is 2. The highest BCUT2D eigenvalue weighted by atomic mass is 16.2. The number of hydrogen-bond donors (Lipinski definition) is 2. The number of carbonyl (C=O) groups is 2. The monoisotopic (exact) mass is 426 g/mol. The van der Waals surface area contributed by atoms with E-state index in [1.807, 2.05) is 58.3 Å². The van der Waals surface area contributed by atoms with Crippen LogP contribution < -0.4 is 0 Å². The summed E-state index contributed by atoms with van der Waals surface area (Å²) in [5.41, 5.74) is 3.79. The first-order valence-corrected chi connectivity index (χ1v) is 11.1. The van der Waals surface area contributed by atoms with Gasteiger partial charge >= 0.3 is 0 Å². The van der Waals surface area contributed by atoms with Gasteiger partial charge in [0.15, 0.2) is 0 Å². The van der Waals surface area contributed by atoms with Gasteiger partial charge in [0.2, 0.25) is 0 Å². The van der Waals surface area contributed by atoms with Crippen molar-refractivity contribution in [2.45, 2.75) is 0 Å². The fourth-order valence-electron chi connectivity index (χ4n) is 6.22. The minimum Gasteiger partial charge on any atom is -0.351 e. The Hall–Kier alpha value is -3.68. The zero-order valence-electron chi connectivity index (χ0n) is 17.4. The van der Waals surface area contributed by atoms with Gasteiger partial charge in [-0.2, -0.15) is 15.4 Å². The number of hydrogen-bond acceptors (Lipinski definition) is 4. The predicted octanol–water partition coefficient (Wildman–Crippen LogP) is 2.53. The molecular formula is C24H22N6O2. The Bertz CT molecular complexity index is 1290. The summed E-state index contributed by atoms with van der Waals surface area (Å²) in [5, 5.41) is 11.8. The first kappa shape index (κ1) is 17.9. The summed E-state index contributed by atoms with van der Waals surface area (Å²) >= 11 is 0. The fourth-order valence-corrected chi connectivity index (χ4v) is 6.22. The molecule has 8 heteroatoms. The summed E-state index contributed by atoms with van der Waals surface area (Å²) in [4.78, 5) is 33.5. The third kappa shape index (κ3) is 2.49. The number of rotatable bonds is 2. The normalized spacial score (nSPS) is 26.4. The van der Waals surface area contributed by atoms with Crippen LogP contribution in [0.2, 0.25) is 0 Å². The number of fused-ring (bicyclic) bond motifs is 6. The van der Waals surface area contributed by atoms with Crippen LogP contribution in [-0.4, -0.2) is 68.2 Å². The van der Waals surface area contributed by atoms with Gasteiger partial charge < -0.3 is 14.8 Å². The molecule has 160 valence electrons. The van der Waals surface area contributed by atoms with Crippen LogP contribution in [0.4, 0.5) is 0 Å². The van der Waals surface area contributed by atoms with Crippen molar-refractivity contribution in [1.29, 1.82) is 0 Å². The number of aromatic nitrogens is 4. The van der Waals surface area contributed by atoms with Gasteiger partial charge in [-0.3, -0.25) is 9.59 Å². The molecule has 2 aromatic carbocycles. The smallest absolute Gasteiger partial charge is 0.270 e. The molecule has 1 aliphatic carbocycles. The SMILES string of the molecule is O=C(c1ccc2n[nH]nc2c1)N1C[C@@H]2[C@H](C1)[C@H]1CN(C(=O)c3cc4ccccc4[nH]3)C[C@@H]21. The van der Waals surface area contributed by atoms with Crippen LogP contribution in [0.25, 0.3) is 21.9 Å². The van der Waals surface area contributed by atoms with Crippen molar-refractivity contribution in [1.82, 2.24) is 30.2 Å². The molecule has 1 saturated carbocycles. The maximum absolute atomic E-state index is 13.1. The van der Waals surface area contributed by atoms with Crippen molar-refractivity contribution in [2.75, 3.05) is 26.2 Å². The number of para-hydroxylation sites is 1. The summed E-state index contributed by atoms with van der Waals surface area (Å²) in [6, 6.07) is 15.4. The molecule has 8 nitrogen and oxygen atoms in total. The Morgan fingerprint density at radius 3 is 2.16 bits per heavy atom. The van der Waals surface area contributed by atoms with E-state index in [4.69, 9.17) is 0 Å². The molecule has 7 rings (SSSR count). The second-order valence-corrected chi connectivity index (χ2v) is 9.37. The fraction of sp³-hybridized carbons (Fsp3) is 0.333. The highest BCUT2D eigenvalue weighted by Crippen LogP contribution is 2.54. The van der Waals surface area contributed by atoms with Crippen molar-refractivity contribution >= 4 is 33.8 Å². The van der Waals surface area contributed by atoms with Crippen LogP contribution >= 0.6 is 0 Å². The van der Waals surface area contributed by atoms with Gasteiger partial charge in [0.1, 0.15) is 16.7 Å². The lowest BCUT2D eigenvalue weighted by molar-refractivity contribution is 0.0629. The Balaban J connectivity index is 1.05. The standard InChI is InChI=1S/C24H22N6O2/c31-23(14-5-6-20-21(8-14)27-28-26-20)29-9-15-16(10-29)18-12-30(11-17(15)18)24(32)22-7-13-3-1-2-4-19(13)25-22/h1-8,15-18,25H,9-12H2,(H,26,27,28)/t15-,16+,17+,18-. The molecular weight excluding hydrogens is 404 g/mol. The second kappa shape index (κ2) is 6.41. The average molecular weight is 426 g/mol. The quantitative estimate of drug-likeness (QED) is 0.515. The van der Waals surface area contributed by atoms with Crippen molar-refractivity contribution < 1.29 is 9.59 Å². The van der Waals surface area contributed by atoms with Gasteiger partial charge in [-0.15, -0.1) is 0 Å². The number of H-pyrrole nitrogens is 2. The third-order valence-electron chi connectivity index (χ3n) is 7.82. The summed E-state index contributed by atoms with van der Waals surface area (Å²) < 4.78 is 0.